The maximum atomic E-state index is 6.19. The first-order valence-electron chi connectivity index (χ1n) is 6.39. The first kappa shape index (κ1) is 13.8. The Labute approximate surface area is 108 Å². The predicted octanol–water partition coefficient (Wildman–Crippen LogP) is 4.57. The highest BCUT2D eigenvalue weighted by atomic mass is 127. The second kappa shape index (κ2) is 7.10. The average Bonchev–Trinajstić information content (AvgIpc) is 2.30. The summed E-state index contributed by atoms with van der Waals surface area (Å²) in [5.41, 5.74) is 0. The lowest BCUT2D eigenvalue weighted by Crippen LogP contribution is -2.28. The summed E-state index contributed by atoms with van der Waals surface area (Å²) in [5, 5.41) is 0. The van der Waals surface area contributed by atoms with Crippen LogP contribution in [0.15, 0.2) is 0 Å². The molecule has 0 heterocycles. The number of ether oxygens (including phenoxy) is 1. The molecule has 0 bridgehead atoms. The highest BCUT2D eigenvalue weighted by molar-refractivity contribution is 14.1. The molecule has 3 unspecified atom stereocenters. The number of alkyl halides is 1. The van der Waals surface area contributed by atoms with Crippen LogP contribution in [-0.2, 0) is 4.74 Å². The van der Waals surface area contributed by atoms with Crippen molar-refractivity contribution in [2.45, 2.75) is 75.4 Å². The fourth-order valence-corrected chi connectivity index (χ4v) is 3.37. The Hall–Kier alpha value is 0.690. The number of rotatable bonds is 4. The molecule has 0 N–H and O–H groups in total. The van der Waals surface area contributed by atoms with Crippen molar-refractivity contribution in [3.8, 4) is 0 Å². The highest BCUT2D eigenvalue weighted by Gasteiger charge is 2.23. The first-order valence-corrected chi connectivity index (χ1v) is 7.63. The normalized spacial score (nSPS) is 30.2. The Kier molecular flexibility index (Phi) is 6.51. The molecule has 0 amide bonds. The fraction of sp³-hybridized carbons (Fsp3) is 1.00. The molecule has 0 aromatic rings. The van der Waals surface area contributed by atoms with E-state index in [1.165, 1.54) is 38.5 Å². The second-order valence-electron chi connectivity index (χ2n) is 5.27. The van der Waals surface area contributed by atoms with E-state index < -0.39 is 0 Å². The van der Waals surface area contributed by atoms with Gasteiger partial charge in [0.1, 0.15) is 0 Å². The molecule has 1 saturated carbocycles. The van der Waals surface area contributed by atoms with Crippen LogP contribution in [0.1, 0.15) is 59.3 Å². The van der Waals surface area contributed by atoms with Crippen LogP contribution < -0.4 is 0 Å². The summed E-state index contributed by atoms with van der Waals surface area (Å²) in [6.45, 7) is 6.78. The summed E-state index contributed by atoms with van der Waals surface area (Å²) < 4.78 is 6.92. The van der Waals surface area contributed by atoms with E-state index in [-0.39, 0.29) is 0 Å². The van der Waals surface area contributed by atoms with E-state index in [4.69, 9.17) is 4.74 Å². The maximum Gasteiger partial charge on any atom is 0.0696 e. The third kappa shape index (κ3) is 5.53. The molecule has 1 nitrogen and oxygen atoms in total. The summed E-state index contributed by atoms with van der Waals surface area (Å²) >= 11 is 2.59. The molecule has 0 radical (unpaired) electrons. The van der Waals surface area contributed by atoms with Gasteiger partial charge in [0.2, 0.25) is 0 Å². The van der Waals surface area contributed by atoms with Crippen LogP contribution in [0.5, 0.6) is 0 Å². The maximum absolute atomic E-state index is 6.19. The van der Waals surface area contributed by atoms with Crippen molar-refractivity contribution in [3.05, 3.63) is 0 Å². The van der Waals surface area contributed by atoms with Gasteiger partial charge in [-0.15, -0.1) is 0 Å². The van der Waals surface area contributed by atoms with Gasteiger partial charge in [-0.25, -0.2) is 0 Å². The standard InChI is InChI=1S/C13H25IO/c1-10(2)9-11(3)15-13-8-6-4-5-7-12(13)14/h10-13H,4-9H2,1-3H3. The molecule has 2 heteroatoms. The van der Waals surface area contributed by atoms with Gasteiger partial charge in [-0.2, -0.15) is 0 Å². The molecule has 0 spiro atoms. The van der Waals surface area contributed by atoms with Crippen molar-refractivity contribution in [1.29, 1.82) is 0 Å². The van der Waals surface area contributed by atoms with Crippen LogP contribution in [0, 0.1) is 5.92 Å². The van der Waals surface area contributed by atoms with Crippen molar-refractivity contribution < 1.29 is 4.74 Å². The molecular weight excluding hydrogens is 299 g/mol. The van der Waals surface area contributed by atoms with Gasteiger partial charge >= 0.3 is 0 Å². The van der Waals surface area contributed by atoms with Crippen molar-refractivity contribution in [1.82, 2.24) is 0 Å². The molecule has 0 aromatic carbocycles. The smallest absolute Gasteiger partial charge is 0.0696 e. The summed E-state index contributed by atoms with van der Waals surface area (Å²) in [4.78, 5) is 0. The topological polar surface area (TPSA) is 9.23 Å². The van der Waals surface area contributed by atoms with E-state index >= 15 is 0 Å². The Morgan fingerprint density at radius 2 is 1.80 bits per heavy atom. The Balaban J connectivity index is 2.33. The molecular formula is C13H25IO. The van der Waals surface area contributed by atoms with Crippen LogP contribution in [0.3, 0.4) is 0 Å². The molecule has 1 aliphatic rings. The van der Waals surface area contributed by atoms with Crippen LogP contribution in [0.4, 0.5) is 0 Å². The highest BCUT2D eigenvalue weighted by Crippen LogP contribution is 2.28. The minimum absolute atomic E-state index is 0.436. The van der Waals surface area contributed by atoms with E-state index in [1.807, 2.05) is 0 Å². The largest absolute Gasteiger partial charge is 0.374 e. The number of hydrogen-bond donors (Lipinski definition) is 0. The Bertz CT molecular complexity index is 170. The van der Waals surface area contributed by atoms with E-state index in [0.29, 0.717) is 12.2 Å². The van der Waals surface area contributed by atoms with E-state index in [1.54, 1.807) is 0 Å². The van der Waals surface area contributed by atoms with Gasteiger partial charge < -0.3 is 4.74 Å². The summed E-state index contributed by atoms with van der Waals surface area (Å²) in [6, 6.07) is 0. The molecule has 3 atom stereocenters. The summed E-state index contributed by atoms with van der Waals surface area (Å²) in [7, 11) is 0. The lowest BCUT2D eigenvalue weighted by Gasteiger charge is -2.25. The zero-order valence-corrected chi connectivity index (χ0v) is 12.5. The third-order valence-corrected chi connectivity index (χ3v) is 4.51. The monoisotopic (exact) mass is 324 g/mol. The van der Waals surface area contributed by atoms with Crippen LogP contribution >= 0.6 is 22.6 Å². The predicted molar refractivity (Wildman–Crippen MR) is 74.7 cm³/mol. The van der Waals surface area contributed by atoms with E-state index in [2.05, 4.69) is 43.4 Å². The summed E-state index contributed by atoms with van der Waals surface area (Å²) in [5.74, 6) is 0.749. The molecule has 0 aliphatic heterocycles. The minimum Gasteiger partial charge on any atom is -0.374 e. The number of hydrogen-bond acceptors (Lipinski definition) is 1. The molecule has 0 aromatic heterocycles. The van der Waals surface area contributed by atoms with Crippen molar-refractivity contribution in [2.24, 2.45) is 5.92 Å². The quantitative estimate of drug-likeness (QED) is 0.418. The first-order chi connectivity index (χ1) is 7.09. The van der Waals surface area contributed by atoms with E-state index in [0.717, 1.165) is 9.84 Å². The van der Waals surface area contributed by atoms with Gasteiger partial charge in [0.05, 0.1) is 12.2 Å². The summed E-state index contributed by atoms with van der Waals surface area (Å²) in [6.07, 6.45) is 8.92. The molecule has 15 heavy (non-hydrogen) atoms. The Morgan fingerprint density at radius 3 is 2.47 bits per heavy atom. The Morgan fingerprint density at radius 1 is 1.13 bits per heavy atom. The lowest BCUT2D eigenvalue weighted by atomic mass is 10.1. The lowest BCUT2D eigenvalue weighted by molar-refractivity contribution is -0.0133. The minimum atomic E-state index is 0.436. The van der Waals surface area contributed by atoms with Crippen molar-refractivity contribution in [2.75, 3.05) is 0 Å². The molecule has 1 fully saturated rings. The van der Waals surface area contributed by atoms with Gasteiger partial charge in [0, 0.05) is 3.92 Å². The molecule has 1 aliphatic carbocycles. The van der Waals surface area contributed by atoms with Gasteiger partial charge in [-0.1, -0.05) is 55.7 Å². The molecule has 1 rings (SSSR count). The second-order valence-corrected chi connectivity index (χ2v) is 6.87. The van der Waals surface area contributed by atoms with Crippen LogP contribution in [-0.4, -0.2) is 16.1 Å². The third-order valence-electron chi connectivity index (χ3n) is 3.08. The van der Waals surface area contributed by atoms with Crippen LogP contribution in [0.2, 0.25) is 0 Å². The van der Waals surface area contributed by atoms with Gasteiger partial charge in [-0.3, -0.25) is 0 Å². The van der Waals surface area contributed by atoms with Gasteiger partial charge in [0.15, 0.2) is 0 Å². The molecule has 0 saturated heterocycles. The van der Waals surface area contributed by atoms with Crippen molar-refractivity contribution >= 4 is 22.6 Å². The van der Waals surface area contributed by atoms with E-state index in [9.17, 15) is 0 Å². The number of halogens is 1. The van der Waals surface area contributed by atoms with Crippen molar-refractivity contribution in [3.63, 3.8) is 0 Å². The fourth-order valence-electron chi connectivity index (χ4n) is 2.40. The molecule has 90 valence electrons. The zero-order valence-electron chi connectivity index (χ0n) is 10.3. The van der Waals surface area contributed by atoms with Crippen LogP contribution in [0.25, 0.3) is 0 Å². The zero-order chi connectivity index (χ0) is 11.3. The van der Waals surface area contributed by atoms with Gasteiger partial charge in [0.25, 0.3) is 0 Å². The average molecular weight is 324 g/mol. The van der Waals surface area contributed by atoms with Gasteiger partial charge in [-0.05, 0) is 32.1 Å². The SMILES string of the molecule is CC(C)CC(C)OC1CCCCCC1I.